The fraction of sp³-hybridized carbons (Fsp3) is 0.379. The van der Waals surface area contributed by atoms with Crippen LogP contribution in [0.25, 0.3) is 28.2 Å². The molecule has 1 amide bonds. The van der Waals surface area contributed by atoms with Crippen molar-refractivity contribution in [1.82, 2.24) is 19.8 Å². The van der Waals surface area contributed by atoms with Crippen LogP contribution in [0.2, 0.25) is 5.02 Å². The molecule has 0 spiro atoms. The third-order valence-electron chi connectivity index (χ3n) is 7.32. The van der Waals surface area contributed by atoms with Crippen molar-refractivity contribution in [2.45, 2.75) is 13.3 Å². The van der Waals surface area contributed by atoms with E-state index >= 15 is 0 Å². The summed E-state index contributed by atoms with van der Waals surface area (Å²) < 4.78 is 5.42. The number of morpholine rings is 1. The van der Waals surface area contributed by atoms with Gasteiger partial charge >= 0.3 is 0 Å². The number of thioether (sulfide) groups is 1. The normalized spacial score (nSPS) is 19.8. The largest absolute Gasteiger partial charge is 0.378 e. The van der Waals surface area contributed by atoms with Crippen LogP contribution >= 0.6 is 23.4 Å². The molecule has 202 valence electrons. The summed E-state index contributed by atoms with van der Waals surface area (Å²) in [5, 5.41) is 2.39. The first-order chi connectivity index (χ1) is 19.1. The molecule has 4 heterocycles. The highest BCUT2D eigenvalue weighted by atomic mass is 35.5. The summed E-state index contributed by atoms with van der Waals surface area (Å²) in [5.41, 5.74) is 4.56. The number of ether oxygens (including phenoxy) is 1. The van der Waals surface area contributed by atoms with E-state index in [9.17, 15) is 4.79 Å². The van der Waals surface area contributed by atoms with Gasteiger partial charge in [-0.15, -0.1) is 0 Å². The van der Waals surface area contributed by atoms with Crippen LogP contribution in [0.3, 0.4) is 0 Å². The quantitative estimate of drug-likeness (QED) is 0.411. The number of anilines is 1. The minimum absolute atomic E-state index is 0.205. The van der Waals surface area contributed by atoms with Crippen LogP contribution in [0.1, 0.15) is 18.9 Å². The number of carbonyl (C=O) groups is 1. The van der Waals surface area contributed by atoms with Gasteiger partial charge < -0.3 is 14.5 Å². The van der Waals surface area contributed by atoms with E-state index < -0.39 is 0 Å². The van der Waals surface area contributed by atoms with Crippen molar-refractivity contribution in [3.8, 4) is 11.3 Å². The third kappa shape index (κ3) is 5.68. The lowest BCUT2D eigenvalue weighted by Gasteiger charge is -2.36. The highest BCUT2D eigenvalue weighted by Gasteiger charge is 2.27. The van der Waals surface area contributed by atoms with Crippen molar-refractivity contribution in [2.24, 2.45) is 4.99 Å². The predicted molar refractivity (Wildman–Crippen MR) is 159 cm³/mol. The van der Waals surface area contributed by atoms with Crippen molar-refractivity contribution < 1.29 is 9.53 Å². The number of nitrogens with zero attached hydrogens (tertiary/aromatic N) is 6. The van der Waals surface area contributed by atoms with Gasteiger partial charge in [0.05, 0.1) is 40.0 Å². The smallest absolute Gasteiger partial charge is 0.286 e. The molecular weight excluding hydrogens is 532 g/mol. The first-order valence-electron chi connectivity index (χ1n) is 13.5. The van der Waals surface area contributed by atoms with Gasteiger partial charge in [0.25, 0.3) is 5.91 Å². The summed E-state index contributed by atoms with van der Waals surface area (Å²) in [6, 6.07) is 12.2. The Balaban J connectivity index is 1.24. The molecule has 2 saturated heterocycles. The maximum Gasteiger partial charge on any atom is 0.286 e. The number of aliphatic imine (C=N–C) groups is 1. The second-order valence-corrected chi connectivity index (χ2v) is 11.3. The van der Waals surface area contributed by atoms with Gasteiger partial charge in [0.15, 0.2) is 5.17 Å². The standard InChI is InChI=1S/C29H31ClN6O2S/c1-2-7-34-8-10-35(11-9-34)25-6-4-21(18-23(25)30)27-22-16-20(3-5-24(22)31-19-32-27)17-26-28(37)33-29(39-26)36-12-14-38-15-13-36/h3-6,16-19H,2,7-15H2,1H3/b26-17-. The average molecular weight is 563 g/mol. The minimum atomic E-state index is -0.205. The Labute approximate surface area is 237 Å². The molecule has 3 aliphatic heterocycles. The highest BCUT2D eigenvalue weighted by molar-refractivity contribution is 8.18. The van der Waals surface area contributed by atoms with Crippen LogP contribution < -0.4 is 4.90 Å². The van der Waals surface area contributed by atoms with E-state index in [0.717, 1.165) is 89.4 Å². The molecule has 6 rings (SSSR count). The van der Waals surface area contributed by atoms with Crippen LogP contribution in [0.5, 0.6) is 0 Å². The fourth-order valence-electron chi connectivity index (χ4n) is 5.27. The number of halogens is 1. The lowest BCUT2D eigenvalue weighted by molar-refractivity contribution is -0.113. The molecule has 1 aromatic heterocycles. The van der Waals surface area contributed by atoms with E-state index in [1.54, 1.807) is 6.33 Å². The predicted octanol–water partition coefficient (Wildman–Crippen LogP) is 4.78. The molecule has 10 heteroatoms. The lowest BCUT2D eigenvalue weighted by atomic mass is 10.0. The van der Waals surface area contributed by atoms with E-state index in [1.165, 1.54) is 18.2 Å². The average Bonchev–Trinajstić information content (AvgIpc) is 3.33. The Hall–Kier alpha value is -2.98. The summed E-state index contributed by atoms with van der Waals surface area (Å²) >= 11 is 8.25. The minimum Gasteiger partial charge on any atom is -0.378 e. The number of fused-ring (bicyclic) bond motifs is 1. The van der Waals surface area contributed by atoms with E-state index in [0.29, 0.717) is 18.1 Å². The molecule has 2 aromatic carbocycles. The molecule has 0 saturated carbocycles. The van der Waals surface area contributed by atoms with E-state index in [4.69, 9.17) is 16.3 Å². The van der Waals surface area contributed by atoms with Crippen LogP contribution in [0, 0.1) is 0 Å². The number of aromatic nitrogens is 2. The number of amidine groups is 1. The van der Waals surface area contributed by atoms with Crippen molar-refractivity contribution in [2.75, 3.05) is 63.9 Å². The van der Waals surface area contributed by atoms with Gasteiger partial charge in [-0.2, -0.15) is 4.99 Å². The SMILES string of the molecule is CCCN1CCN(c2ccc(-c3ncnc4ccc(/C=C5\SC(N6CCOCC6)=NC5=O)cc34)cc2Cl)CC1. The van der Waals surface area contributed by atoms with Crippen molar-refractivity contribution in [1.29, 1.82) is 0 Å². The summed E-state index contributed by atoms with van der Waals surface area (Å²) in [4.78, 5) is 33.6. The molecule has 0 aliphatic carbocycles. The third-order valence-corrected chi connectivity index (χ3v) is 8.67. The molecule has 3 aliphatic rings. The van der Waals surface area contributed by atoms with Crippen LogP contribution in [-0.2, 0) is 9.53 Å². The van der Waals surface area contributed by atoms with Gasteiger partial charge in [-0.05, 0) is 60.6 Å². The Kier molecular flexibility index (Phi) is 7.83. The van der Waals surface area contributed by atoms with Crippen LogP contribution in [-0.4, -0.2) is 89.9 Å². The van der Waals surface area contributed by atoms with Crippen molar-refractivity contribution in [3.05, 3.63) is 58.2 Å². The summed E-state index contributed by atoms with van der Waals surface area (Å²) in [5.74, 6) is -0.205. The molecule has 0 unspecified atom stereocenters. The van der Waals surface area contributed by atoms with Gasteiger partial charge in [-0.25, -0.2) is 9.97 Å². The Morgan fingerprint density at radius 1 is 1.00 bits per heavy atom. The number of hydrogen-bond acceptors (Lipinski definition) is 8. The Morgan fingerprint density at radius 2 is 1.82 bits per heavy atom. The zero-order valence-corrected chi connectivity index (χ0v) is 23.5. The topological polar surface area (TPSA) is 74.2 Å². The molecule has 0 N–H and O–H groups in total. The Bertz CT molecular complexity index is 1450. The van der Waals surface area contributed by atoms with Gasteiger partial charge in [-0.3, -0.25) is 9.69 Å². The van der Waals surface area contributed by atoms with E-state index in [1.807, 2.05) is 30.3 Å². The fourth-order valence-corrected chi connectivity index (χ4v) is 6.54. The first-order valence-corrected chi connectivity index (χ1v) is 14.7. The molecule has 0 bridgehead atoms. The molecule has 2 fully saturated rings. The van der Waals surface area contributed by atoms with Crippen LogP contribution in [0.4, 0.5) is 5.69 Å². The second kappa shape index (κ2) is 11.6. The number of carbonyl (C=O) groups excluding carboxylic acids is 1. The van der Waals surface area contributed by atoms with Crippen molar-refractivity contribution in [3.63, 3.8) is 0 Å². The number of benzene rings is 2. The lowest BCUT2D eigenvalue weighted by Crippen LogP contribution is -2.46. The van der Waals surface area contributed by atoms with Crippen LogP contribution in [0.15, 0.2) is 52.6 Å². The second-order valence-electron chi connectivity index (χ2n) is 9.90. The van der Waals surface area contributed by atoms with E-state index in [2.05, 4.69) is 48.7 Å². The zero-order chi connectivity index (χ0) is 26.8. The number of piperazine rings is 1. The first kappa shape index (κ1) is 26.3. The molecule has 3 aromatic rings. The monoisotopic (exact) mass is 562 g/mol. The molecule has 0 atom stereocenters. The summed E-state index contributed by atoms with van der Waals surface area (Å²) in [6.07, 6.45) is 4.66. The maximum absolute atomic E-state index is 12.7. The van der Waals surface area contributed by atoms with Gasteiger partial charge in [0, 0.05) is 50.2 Å². The zero-order valence-electron chi connectivity index (χ0n) is 22.0. The van der Waals surface area contributed by atoms with Crippen molar-refractivity contribution >= 4 is 57.1 Å². The number of hydrogen-bond donors (Lipinski definition) is 0. The molecule has 39 heavy (non-hydrogen) atoms. The molecule has 0 radical (unpaired) electrons. The molecular formula is C29H31ClN6O2S. The van der Waals surface area contributed by atoms with Gasteiger partial charge in [0.2, 0.25) is 0 Å². The highest BCUT2D eigenvalue weighted by Crippen LogP contribution is 2.35. The maximum atomic E-state index is 12.7. The van der Waals surface area contributed by atoms with Gasteiger partial charge in [-0.1, -0.05) is 30.7 Å². The Morgan fingerprint density at radius 3 is 2.59 bits per heavy atom. The number of amides is 1. The number of rotatable bonds is 5. The van der Waals surface area contributed by atoms with Gasteiger partial charge in [0.1, 0.15) is 6.33 Å². The summed E-state index contributed by atoms with van der Waals surface area (Å²) in [6.45, 7) is 10.2. The van der Waals surface area contributed by atoms with E-state index in [-0.39, 0.29) is 5.91 Å². The molecule has 8 nitrogen and oxygen atoms in total. The summed E-state index contributed by atoms with van der Waals surface area (Å²) in [7, 11) is 0.